The molecule has 2 heterocycles. The van der Waals surface area contributed by atoms with Crippen LogP contribution >= 0.6 is 24.0 Å². The number of nitrogens with one attached hydrogen (secondary N) is 1. The van der Waals surface area contributed by atoms with E-state index in [1.807, 2.05) is 11.8 Å². The number of carbonyl (C=O) groups is 1. The number of sulfonamides is 1. The summed E-state index contributed by atoms with van der Waals surface area (Å²) in [5, 5.41) is 3.27. The molecule has 0 saturated carbocycles. The highest BCUT2D eigenvalue weighted by Crippen LogP contribution is 2.24. The van der Waals surface area contributed by atoms with Crippen LogP contribution in [0.15, 0.2) is 4.99 Å². The van der Waals surface area contributed by atoms with Crippen molar-refractivity contribution in [3.05, 3.63) is 0 Å². The van der Waals surface area contributed by atoms with Crippen LogP contribution in [0.3, 0.4) is 0 Å². The van der Waals surface area contributed by atoms with Gasteiger partial charge in [0, 0.05) is 39.3 Å². The number of hydrogen-bond donors (Lipinski definition) is 1. The fourth-order valence-electron chi connectivity index (χ4n) is 3.59. The van der Waals surface area contributed by atoms with E-state index in [4.69, 9.17) is 4.74 Å². The summed E-state index contributed by atoms with van der Waals surface area (Å²) in [6.07, 6.45) is 2.98. The minimum absolute atomic E-state index is 0. The molecule has 0 aromatic carbocycles. The summed E-state index contributed by atoms with van der Waals surface area (Å²) >= 11 is 0. The molecular formula is C15H29IN4O4S. The lowest BCUT2D eigenvalue weighted by Crippen LogP contribution is -2.47. The van der Waals surface area contributed by atoms with Crippen molar-refractivity contribution >= 4 is 45.9 Å². The van der Waals surface area contributed by atoms with Gasteiger partial charge in [-0.05, 0) is 18.8 Å². The van der Waals surface area contributed by atoms with Crippen LogP contribution in [0.4, 0.5) is 0 Å². The van der Waals surface area contributed by atoms with Crippen LogP contribution < -0.4 is 5.32 Å². The molecule has 3 atom stereocenters. The second-order valence-electron chi connectivity index (χ2n) is 6.61. The van der Waals surface area contributed by atoms with Crippen molar-refractivity contribution in [3.8, 4) is 0 Å². The highest BCUT2D eigenvalue weighted by Gasteiger charge is 2.37. The summed E-state index contributed by atoms with van der Waals surface area (Å²) in [7, 11) is -0.0756. The summed E-state index contributed by atoms with van der Waals surface area (Å²) in [4.78, 5) is 18.1. The number of methoxy groups -OCH3 is 1. The second kappa shape index (κ2) is 9.36. The van der Waals surface area contributed by atoms with Crippen molar-refractivity contribution in [2.24, 2.45) is 16.8 Å². The summed E-state index contributed by atoms with van der Waals surface area (Å²) in [5.74, 6) is 0.538. The van der Waals surface area contributed by atoms with E-state index in [9.17, 15) is 13.2 Å². The molecule has 0 aromatic rings. The number of carbonyl (C=O) groups excluding carboxylic acids is 1. The molecule has 1 N–H and O–H groups in total. The Kier molecular flexibility index (Phi) is 8.39. The fraction of sp³-hybridized carbons (Fsp3) is 0.867. The highest BCUT2D eigenvalue weighted by molar-refractivity contribution is 14.0. The van der Waals surface area contributed by atoms with Crippen molar-refractivity contribution in [2.75, 3.05) is 46.6 Å². The average Bonchev–Trinajstić information content (AvgIpc) is 3.13. The van der Waals surface area contributed by atoms with Gasteiger partial charge in [-0.15, -0.1) is 24.0 Å². The average molecular weight is 488 g/mol. The molecule has 0 aliphatic carbocycles. The number of aliphatic imine (C=N–C) groups is 1. The molecule has 0 aromatic heterocycles. The van der Waals surface area contributed by atoms with Crippen molar-refractivity contribution in [2.45, 2.75) is 25.8 Å². The van der Waals surface area contributed by atoms with Crippen LogP contribution in [0, 0.1) is 11.8 Å². The van der Waals surface area contributed by atoms with Gasteiger partial charge in [-0.3, -0.25) is 9.79 Å². The third-order valence-electron chi connectivity index (χ3n) is 4.87. The van der Waals surface area contributed by atoms with Gasteiger partial charge in [-0.25, -0.2) is 8.42 Å². The zero-order valence-corrected chi connectivity index (χ0v) is 18.4. The number of ether oxygens (including phenoxy) is 1. The lowest BCUT2D eigenvalue weighted by Gasteiger charge is -2.26. The van der Waals surface area contributed by atoms with Crippen molar-refractivity contribution in [3.63, 3.8) is 0 Å². The number of likely N-dealkylation sites (tertiary alicyclic amines) is 1. The van der Waals surface area contributed by atoms with E-state index in [1.165, 1.54) is 13.4 Å². The minimum atomic E-state index is -3.18. The van der Waals surface area contributed by atoms with Gasteiger partial charge in [0.05, 0.1) is 19.3 Å². The quantitative estimate of drug-likeness (QED) is 0.266. The van der Waals surface area contributed by atoms with Crippen LogP contribution in [-0.4, -0.2) is 82.2 Å². The number of esters is 1. The molecule has 2 aliphatic heterocycles. The van der Waals surface area contributed by atoms with Gasteiger partial charge in [0.2, 0.25) is 10.0 Å². The first-order valence-corrected chi connectivity index (χ1v) is 10.1. The maximum atomic E-state index is 11.8. The van der Waals surface area contributed by atoms with E-state index in [2.05, 4.69) is 10.3 Å². The first-order chi connectivity index (χ1) is 11.3. The van der Waals surface area contributed by atoms with Gasteiger partial charge < -0.3 is 15.0 Å². The lowest BCUT2D eigenvalue weighted by molar-refractivity contribution is -0.145. The molecule has 2 saturated heterocycles. The van der Waals surface area contributed by atoms with E-state index in [-0.39, 0.29) is 47.8 Å². The zero-order chi connectivity index (χ0) is 17.9. The SMILES string of the molecule is CN=C(NC[C@H]1CCCN1S(C)(=O)=O)N1CC(C)C(C(=O)OC)C1.I. The molecule has 146 valence electrons. The van der Waals surface area contributed by atoms with Gasteiger partial charge in [-0.2, -0.15) is 4.31 Å². The Morgan fingerprint density at radius 3 is 2.60 bits per heavy atom. The van der Waals surface area contributed by atoms with Crippen LogP contribution in [0.25, 0.3) is 0 Å². The molecule has 10 heteroatoms. The van der Waals surface area contributed by atoms with Crippen molar-refractivity contribution in [1.29, 1.82) is 0 Å². The van der Waals surface area contributed by atoms with Gasteiger partial charge >= 0.3 is 5.97 Å². The Labute approximate surface area is 167 Å². The first kappa shape index (κ1) is 22.4. The van der Waals surface area contributed by atoms with Crippen LogP contribution in [0.2, 0.25) is 0 Å². The number of rotatable bonds is 4. The Bertz CT molecular complexity index is 598. The maximum Gasteiger partial charge on any atom is 0.310 e. The van der Waals surface area contributed by atoms with E-state index in [1.54, 1.807) is 11.4 Å². The predicted octanol–water partition coefficient (Wildman–Crippen LogP) is 0.345. The van der Waals surface area contributed by atoms with Gasteiger partial charge in [-0.1, -0.05) is 6.92 Å². The molecule has 2 fully saturated rings. The number of nitrogens with zero attached hydrogens (tertiary/aromatic N) is 3. The molecule has 0 radical (unpaired) electrons. The Morgan fingerprint density at radius 1 is 1.36 bits per heavy atom. The highest BCUT2D eigenvalue weighted by atomic mass is 127. The third kappa shape index (κ3) is 5.43. The smallest absolute Gasteiger partial charge is 0.310 e. The van der Waals surface area contributed by atoms with E-state index < -0.39 is 10.0 Å². The monoisotopic (exact) mass is 488 g/mol. The summed E-state index contributed by atoms with van der Waals surface area (Å²) in [6, 6.07) is -0.0480. The van der Waals surface area contributed by atoms with E-state index in [0.29, 0.717) is 25.6 Å². The topological polar surface area (TPSA) is 91.3 Å². The fourth-order valence-corrected chi connectivity index (χ4v) is 4.77. The van der Waals surface area contributed by atoms with Crippen LogP contribution in [0.1, 0.15) is 19.8 Å². The molecule has 0 bridgehead atoms. The second-order valence-corrected chi connectivity index (χ2v) is 8.54. The predicted molar refractivity (Wildman–Crippen MR) is 108 cm³/mol. The molecule has 25 heavy (non-hydrogen) atoms. The standard InChI is InChI=1S/C15H28N4O4S.HI/c1-11-9-18(10-13(11)14(20)23-3)15(16-2)17-8-12-6-5-7-19(12)24(4,21)22;/h11-13H,5-10H2,1-4H3,(H,16,17);1H/t11?,12-,13?;/m1./s1. The number of hydrogen-bond acceptors (Lipinski definition) is 5. The van der Waals surface area contributed by atoms with Crippen LogP contribution in [-0.2, 0) is 19.6 Å². The summed E-state index contributed by atoms with van der Waals surface area (Å²) in [5.41, 5.74) is 0. The van der Waals surface area contributed by atoms with Gasteiger partial charge in [0.15, 0.2) is 5.96 Å². The van der Waals surface area contributed by atoms with Gasteiger partial charge in [0.1, 0.15) is 0 Å². The Hall–Kier alpha value is -0.620. The minimum Gasteiger partial charge on any atom is -0.469 e. The van der Waals surface area contributed by atoms with Crippen molar-refractivity contribution < 1.29 is 17.9 Å². The maximum absolute atomic E-state index is 11.8. The third-order valence-corrected chi connectivity index (χ3v) is 6.21. The largest absolute Gasteiger partial charge is 0.469 e. The van der Waals surface area contributed by atoms with E-state index >= 15 is 0 Å². The Morgan fingerprint density at radius 2 is 2.04 bits per heavy atom. The molecule has 8 nitrogen and oxygen atoms in total. The molecule has 2 aliphatic rings. The molecule has 2 rings (SSSR count). The van der Waals surface area contributed by atoms with Crippen LogP contribution in [0.5, 0.6) is 0 Å². The first-order valence-electron chi connectivity index (χ1n) is 8.28. The molecular weight excluding hydrogens is 459 g/mol. The lowest BCUT2D eigenvalue weighted by atomic mass is 9.99. The normalized spacial score (nSPS) is 27.9. The molecule has 2 unspecified atom stereocenters. The zero-order valence-electron chi connectivity index (χ0n) is 15.3. The Balaban J connectivity index is 0.00000312. The number of halogens is 1. The summed E-state index contributed by atoms with van der Waals surface area (Å²) in [6.45, 7) is 4.41. The molecule has 0 spiro atoms. The van der Waals surface area contributed by atoms with Gasteiger partial charge in [0.25, 0.3) is 0 Å². The summed E-state index contributed by atoms with van der Waals surface area (Å²) < 4.78 is 30.0. The van der Waals surface area contributed by atoms with E-state index in [0.717, 1.165) is 19.4 Å². The molecule has 0 amide bonds. The number of guanidine groups is 1. The van der Waals surface area contributed by atoms with Crippen molar-refractivity contribution in [1.82, 2.24) is 14.5 Å².